The Hall–Kier alpha value is -1.69. The number of halogens is 3. The zero-order chi connectivity index (χ0) is 14.5. The molecule has 0 aliphatic heterocycles. The summed E-state index contributed by atoms with van der Waals surface area (Å²) in [6.45, 7) is 2.44. The largest absolute Gasteiger partial charge is 0.478 e. The van der Waals surface area contributed by atoms with Gasteiger partial charge in [-0.15, -0.1) is 0 Å². The van der Waals surface area contributed by atoms with Crippen LogP contribution < -0.4 is 10.1 Å². The summed E-state index contributed by atoms with van der Waals surface area (Å²) in [4.78, 5) is 4.06. The van der Waals surface area contributed by atoms with E-state index in [1.165, 1.54) is 12.1 Å². The lowest BCUT2D eigenvalue weighted by Crippen LogP contribution is -2.05. The van der Waals surface area contributed by atoms with Gasteiger partial charge in [-0.1, -0.05) is 0 Å². The molecule has 2 aromatic rings. The summed E-state index contributed by atoms with van der Waals surface area (Å²) in [7, 11) is 0. The molecule has 0 saturated carbocycles. The van der Waals surface area contributed by atoms with E-state index < -0.39 is 11.6 Å². The summed E-state index contributed by atoms with van der Waals surface area (Å²) >= 11 is 3.03. The Morgan fingerprint density at radius 1 is 1.25 bits per heavy atom. The van der Waals surface area contributed by atoms with Crippen LogP contribution in [0.3, 0.4) is 0 Å². The van der Waals surface area contributed by atoms with E-state index in [0.717, 1.165) is 0 Å². The van der Waals surface area contributed by atoms with E-state index in [2.05, 4.69) is 26.2 Å². The van der Waals surface area contributed by atoms with Crippen LogP contribution >= 0.6 is 15.9 Å². The maximum absolute atomic E-state index is 13.8. The predicted octanol–water partition coefficient (Wildman–Crippen LogP) is 4.13. The fourth-order valence-electron chi connectivity index (χ4n) is 1.64. The highest BCUT2D eigenvalue weighted by Crippen LogP contribution is 2.22. The van der Waals surface area contributed by atoms with Crippen LogP contribution in [0.15, 0.2) is 34.9 Å². The monoisotopic (exact) mass is 342 g/mol. The molecular formula is C14H13BrF2N2O. The quantitative estimate of drug-likeness (QED) is 0.829. The first kappa shape index (κ1) is 14.7. The minimum Gasteiger partial charge on any atom is -0.478 e. The summed E-state index contributed by atoms with van der Waals surface area (Å²) < 4.78 is 32.8. The normalized spacial score (nSPS) is 10.4. The fourth-order valence-corrected chi connectivity index (χ4v) is 2.01. The molecule has 1 N–H and O–H groups in total. The van der Waals surface area contributed by atoms with E-state index in [4.69, 9.17) is 4.74 Å². The van der Waals surface area contributed by atoms with Crippen LogP contribution in [-0.2, 0) is 6.54 Å². The van der Waals surface area contributed by atoms with Gasteiger partial charge < -0.3 is 10.1 Å². The van der Waals surface area contributed by atoms with E-state index in [0.29, 0.717) is 18.2 Å². The Kier molecular flexibility index (Phi) is 4.89. The lowest BCUT2D eigenvalue weighted by atomic mass is 10.2. The van der Waals surface area contributed by atoms with E-state index in [1.54, 1.807) is 18.3 Å². The molecule has 106 valence electrons. The fraction of sp³-hybridized carbons (Fsp3) is 0.214. The number of nitrogens with zero attached hydrogens (tertiary/aromatic N) is 1. The van der Waals surface area contributed by atoms with Gasteiger partial charge in [0.25, 0.3) is 0 Å². The van der Waals surface area contributed by atoms with E-state index >= 15 is 0 Å². The number of nitrogens with one attached hydrogen (secondary N) is 1. The number of pyridine rings is 1. The van der Waals surface area contributed by atoms with Crippen molar-refractivity contribution in [3.8, 4) is 5.88 Å². The molecule has 6 heteroatoms. The summed E-state index contributed by atoms with van der Waals surface area (Å²) in [6.07, 6.45) is 1.55. The van der Waals surface area contributed by atoms with Crippen molar-refractivity contribution in [2.24, 2.45) is 0 Å². The number of hydrogen-bond acceptors (Lipinski definition) is 3. The molecule has 1 aromatic carbocycles. The van der Waals surface area contributed by atoms with Gasteiger partial charge in [-0.25, -0.2) is 13.8 Å². The van der Waals surface area contributed by atoms with Gasteiger partial charge in [-0.2, -0.15) is 0 Å². The molecule has 0 aliphatic carbocycles. The summed E-state index contributed by atoms with van der Waals surface area (Å²) in [5.74, 6) is -0.675. The van der Waals surface area contributed by atoms with Crippen molar-refractivity contribution >= 4 is 21.6 Å². The van der Waals surface area contributed by atoms with Crippen LogP contribution in [0.5, 0.6) is 5.88 Å². The van der Waals surface area contributed by atoms with Crippen molar-refractivity contribution in [3.05, 3.63) is 52.1 Å². The standard InChI is InChI=1S/C14H13BrF2N2O/c1-2-20-13-6-3-9(7-19-13)18-8-10-12(16)5-4-11(15)14(10)17/h3-7,18H,2,8H2,1H3. The molecular weight excluding hydrogens is 330 g/mol. The second-order valence-corrected chi connectivity index (χ2v) is 4.85. The zero-order valence-electron chi connectivity index (χ0n) is 10.8. The molecule has 0 bridgehead atoms. The highest BCUT2D eigenvalue weighted by atomic mass is 79.9. The molecule has 0 fully saturated rings. The van der Waals surface area contributed by atoms with Gasteiger partial charge in [-0.05, 0) is 41.1 Å². The van der Waals surface area contributed by atoms with E-state index in [9.17, 15) is 8.78 Å². The van der Waals surface area contributed by atoms with Crippen molar-refractivity contribution in [2.75, 3.05) is 11.9 Å². The molecule has 0 saturated heterocycles. The third-order valence-electron chi connectivity index (χ3n) is 2.64. The maximum atomic E-state index is 13.8. The number of hydrogen-bond donors (Lipinski definition) is 1. The first-order chi connectivity index (χ1) is 9.61. The van der Waals surface area contributed by atoms with Gasteiger partial charge >= 0.3 is 0 Å². The van der Waals surface area contributed by atoms with Gasteiger partial charge in [0.15, 0.2) is 0 Å². The zero-order valence-corrected chi connectivity index (χ0v) is 12.4. The summed E-state index contributed by atoms with van der Waals surface area (Å²) in [5, 5.41) is 2.92. The Morgan fingerprint density at radius 3 is 2.70 bits per heavy atom. The van der Waals surface area contributed by atoms with Crippen molar-refractivity contribution in [3.63, 3.8) is 0 Å². The lowest BCUT2D eigenvalue weighted by molar-refractivity contribution is 0.327. The Bertz CT molecular complexity index is 590. The smallest absolute Gasteiger partial charge is 0.213 e. The van der Waals surface area contributed by atoms with Crippen LogP contribution in [0.1, 0.15) is 12.5 Å². The van der Waals surface area contributed by atoms with E-state index in [-0.39, 0.29) is 16.6 Å². The van der Waals surface area contributed by atoms with Crippen molar-refractivity contribution in [1.29, 1.82) is 0 Å². The number of anilines is 1. The van der Waals surface area contributed by atoms with Gasteiger partial charge in [0, 0.05) is 18.2 Å². The first-order valence-corrected chi connectivity index (χ1v) is 6.86. The van der Waals surface area contributed by atoms with Crippen molar-refractivity contribution < 1.29 is 13.5 Å². The highest BCUT2D eigenvalue weighted by Gasteiger charge is 2.11. The van der Waals surface area contributed by atoms with Crippen LogP contribution in [0.25, 0.3) is 0 Å². The first-order valence-electron chi connectivity index (χ1n) is 6.07. The minimum atomic E-state index is -0.601. The third-order valence-corrected chi connectivity index (χ3v) is 3.25. The third kappa shape index (κ3) is 3.45. The number of ether oxygens (including phenoxy) is 1. The molecule has 0 amide bonds. The van der Waals surface area contributed by atoms with Crippen LogP contribution in [0.2, 0.25) is 0 Å². The summed E-state index contributed by atoms with van der Waals surface area (Å²) in [5.41, 5.74) is 0.639. The second-order valence-electron chi connectivity index (χ2n) is 3.99. The highest BCUT2D eigenvalue weighted by molar-refractivity contribution is 9.10. The molecule has 1 aromatic heterocycles. The number of aromatic nitrogens is 1. The molecule has 0 aliphatic rings. The van der Waals surface area contributed by atoms with Gasteiger partial charge in [0.1, 0.15) is 11.6 Å². The Labute approximate surface area is 124 Å². The minimum absolute atomic E-state index is 0.0201. The van der Waals surface area contributed by atoms with Gasteiger partial charge in [0.2, 0.25) is 5.88 Å². The summed E-state index contributed by atoms with van der Waals surface area (Å²) in [6, 6.07) is 6.00. The molecule has 0 unspecified atom stereocenters. The SMILES string of the molecule is CCOc1ccc(NCc2c(F)ccc(Br)c2F)cn1. The predicted molar refractivity (Wildman–Crippen MR) is 76.8 cm³/mol. The Morgan fingerprint density at radius 2 is 2.05 bits per heavy atom. The van der Waals surface area contributed by atoms with Gasteiger partial charge in [-0.3, -0.25) is 0 Å². The Balaban J connectivity index is 2.07. The van der Waals surface area contributed by atoms with Crippen LogP contribution in [0.4, 0.5) is 14.5 Å². The number of benzene rings is 1. The molecule has 3 nitrogen and oxygen atoms in total. The molecule has 0 spiro atoms. The second kappa shape index (κ2) is 6.65. The van der Waals surface area contributed by atoms with Gasteiger partial charge in [0.05, 0.1) is 23.0 Å². The average molecular weight is 343 g/mol. The van der Waals surface area contributed by atoms with Crippen molar-refractivity contribution in [1.82, 2.24) is 4.98 Å². The number of rotatable bonds is 5. The lowest BCUT2D eigenvalue weighted by Gasteiger charge is -2.09. The molecule has 0 atom stereocenters. The topological polar surface area (TPSA) is 34.1 Å². The van der Waals surface area contributed by atoms with E-state index in [1.807, 2.05) is 6.92 Å². The molecule has 0 radical (unpaired) electrons. The molecule has 1 heterocycles. The average Bonchev–Trinajstić information content (AvgIpc) is 2.45. The van der Waals surface area contributed by atoms with Crippen LogP contribution in [-0.4, -0.2) is 11.6 Å². The molecule has 2 rings (SSSR count). The maximum Gasteiger partial charge on any atom is 0.213 e. The van der Waals surface area contributed by atoms with Crippen LogP contribution in [0, 0.1) is 11.6 Å². The van der Waals surface area contributed by atoms with Crippen molar-refractivity contribution in [2.45, 2.75) is 13.5 Å². The molecule has 20 heavy (non-hydrogen) atoms.